The van der Waals surface area contributed by atoms with E-state index < -0.39 is 28.1 Å². The number of carbonyl (C=O) groups is 2. The summed E-state index contributed by atoms with van der Waals surface area (Å²) in [6, 6.07) is 12.7. The summed E-state index contributed by atoms with van der Waals surface area (Å²) in [5, 5.41) is 5.07. The molecule has 1 aliphatic heterocycles. The van der Waals surface area contributed by atoms with Crippen molar-refractivity contribution in [3.05, 3.63) is 59.2 Å². The van der Waals surface area contributed by atoms with Crippen LogP contribution in [0.15, 0.2) is 47.4 Å². The number of methoxy groups -OCH3 is 1. The zero-order valence-electron chi connectivity index (χ0n) is 19.7. The van der Waals surface area contributed by atoms with Gasteiger partial charge in [0.2, 0.25) is 10.0 Å². The van der Waals surface area contributed by atoms with Crippen molar-refractivity contribution in [1.82, 2.24) is 14.9 Å². The maximum atomic E-state index is 13.3. The van der Waals surface area contributed by atoms with Gasteiger partial charge in [0.15, 0.2) is 0 Å². The van der Waals surface area contributed by atoms with Crippen LogP contribution < -0.4 is 15.4 Å². The van der Waals surface area contributed by atoms with Crippen LogP contribution in [0.3, 0.4) is 0 Å². The van der Waals surface area contributed by atoms with Crippen molar-refractivity contribution in [2.24, 2.45) is 0 Å². The van der Waals surface area contributed by atoms with Crippen molar-refractivity contribution < 1.29 is 27.5 Å². The molecule has 1 aliphatic rings. The Kier molecular flexibility index (Phi) is 8.65. The molecule has 1 heterocycles. The number of nitrogens with zero attached hydrogens (tertiary/aromatic N) is 1. The molecule has 34 heavy (non-hydrogen) atoms. The van der Waals surface area contributed by atoms with E-state index in [1.165, 1.54) is 4.31 Å². The molecule has 0 radical (unpaired) electrons. The normalized spacial score (nSPS) is 16.6. The topological polar surface area (TPSA) is 114 Å². The van der Waals surface area contributed by atoms with E-state index >= 15 is 0 Å². The van der Waals surface area contributed by atoms with Gasteiger partial charge in [-0.25, -0.2) is 8.42 Å². The average Bonchev–Trinajstić information content (AvgIpc) is 2.84. The highest BCUT2D eigenvalue weighted by atomic mass is 32.2. The molecule has 9 nitrogen and oxygen atoms in total. The number of hydrogen-bond donors (Lipinski definition) is 2. The third-order valence-corrected chi connectivity index (χ3v) is 7.63. The molecule has 3 rings (SSSR count). The number of amides is 2. The van der Waals surface area contributed by atoms with Crippen LogP contribution in [0, 0.1) is 13.8 Å². The van der Waals surface area contributed by atoms with E-state index in [4.69, 9.17) is 9.47 Å². The second-order valence-corrected chi connectivity index (χ2v) is 9.95. The number of aryl methyl sites for hydroxylation is 2. The first-order chi connectivity index (χ1) is 16.2. The van der Waals surface area contributed by atoms with Crippen LogP contribution in [0.25, 0.3) is 0 Å². The fourth-order valence-corrected chi connectivity index (χ4v) is 5.65. The van der Waals surface area contributed by atoms with E-state index in [1.807, 2.05) is 37.3 Å². The fourth-order valence-electron chi connectivity index (χ4n) is 3.77. The second kappa shape index (κ2) is 11.5. The van der Waals surface area contributed by atoms with Gasteiger partial charge in [-0.2, -0.15) is 4.31 Å². The van der Waals surface area contributed by atoms with Gasteiger partial charge in [-0.3, -0.25) is 9.59 Å². The fraction of sp³-hybridized carbons (Fsp3) is 0.417. The first-order valence-electron chi connectivity index (χ1n) is 11.1. The van der Waals surface area contributed by atoms with Crippen molar-refractivity contribution >= 4 is 21.8 Å². The Balaban J connectivity index is 1.58. The lowest BCUT2D eigenvalue weighted by atomic mass is 10.1. The van der Waals surface area contributed by atoms with Gasteiger partial charge in [0, 0.05) is 13.1 Å². The van der Waals surface area contributed by atoms with Crippen LogP contribution in [0.1, 0.15) is 23.1 Å². The summed E-state index contributed by atoms with van der Waals surface area (Å²) < 4.78 is 38.8. The highest BCUT2D eigenvalue weighted by Crippen LogP contribution is 2.25. The maximum Gasteiger partial charge on any atom is 0.309 e. The van der Waals surface area contributed by atoms with Crippen LogP contribution in [-0.2, 0) is 30.8 Å². The molecular weight excluding hydrogens is 458 g/mol. The largest absolute Gasteiger partial charge is 0.496 e. The van der Waals surface area contributed by atoms with Gasteiger partial charge in [0.25, 0.3) is 0 Å². The minimum atomic E-state index is -3.84. The number of hydrogen-bond acceptors (Lipinski definition) is 6. The lowest BCUT2D eigenvalue weighted by Gasteiger charge is -2.35. The third-order valence-electron chi connectivity index (χ3n) is 5.60. The maximum absolute atomic E-state index is 13.3. The van der Waals surface area contributed by atoms with Crippen LogP contribution >= 0.6 is 0 Å². The number of benzene rings is 2. The number of sulfonamides is 1. The van der Waals surface area contributed by atoms with Crippen molar-refractivity contribution in [3.63, 3.8) is 0 Å². The van der Waals surface area contributed by atoms with E-state index in [2.05, 4.69) is 10.6 Å². The average molecular weight is 490 g/mol. The van der Waals surface area contributed by atoms with Gasteiger partial charge < -0.3 is 20.1 Å². The van der Waals surface area contributed by atoms with Gasteiger partial charge >= 0.3 is 11.8 Å². The molecule has 1 saturated heterocycles. The summed E-state index contributed by atoms with van der Waals surface area (Å²) in [5.41, 5.74) is 2.37. The van der Waals surface area contributed by atoms with Gasteiger partial charge in [-0.1, -0.05) is 30.3 Å². The minimum Gasteiger partial charge on any atom is -0.496 e. The Hall–Kier alpha value is -2.95. The van der Waals surface area contributed by atoms with Gasteiger partial charge in [0.05, 0.1) is 25.2 Å². The van der Waals surface area contributed by atoms with Gasteiger partial charge in [-0.15, -0.1) is 0 Å². The summed E-state index contributed by atoms with van der Waals surface area (Å²) >= 11 is 0. The van der Waals surface area contributed by atoms with Crippen molar-refractivity contribution in [2.45, 2.75) is 37.8 Å². The highest BCUT2D eigenvalue weighted by Gasteiger charge is 2.35. The van der Waals surface area contributed by atoms with Gasteiger partial charge in [0.1, 0.15) is 12.0 Å². The first kappa shape index (κ1) is 25.7. The monoisotopic (exact) mass is 489 g/mol. The SMILES string of the molecule is COc1ccccc1CCNC(=O)C(=O)NC[C@@H]1OCCCN1S(=O)(=O)c1cc(C)ccc1C. The molecule has 0 unspecified atom stereocenters. The molecule has 0 spiro atoms. The Labute approximate surface area is 200 Å². The van der Waals surface area contributed by atoms with E-state index in [9.17, 15) is 18.0 Å². The molecular formula is C24H31N3O6S. The standard InChI is InChI=1S/C24H31N3O6S/c1-17-9-10-18(2)21(15-17)34(30,31)27-13-6-14-33-22(27)16-26-24(29)23(28)25-12-11-19-7-4-5-8-20(19)32-3/h4-5,7-10,15,22H,6,11-14,16H2,1-3H3,(H,25,28)(H,26,29)/t22-/m0/s1. The zero-order chi connectivity index (χ0) is 24.7. The van der Waals surface area contributed by atoms with Crippen LogP contribution in [0.4, 0.5) is 0 Å². The lowest BCUT2D eigenvalue weighted by molar-refractivity contribution is -0.140. The summed E-state index contributed by atoms with van der Waals surface area (Å²) in [5.74, 6) is -0.936. The smallest absolute Gasteiger partial charge is 0.309 e. The Morgan fingerprint density at radius 1 is 1.12 bits per heavy atom. The molecule has 0 saturated carbocycles. The number of rotatable bonds is 8. The molecule has 10 heteroatoms. The Morgan fingerprint density at radius 3 is 2.62 bits per heavy atom. The molecule has 2 amide bonds. The van der Waals surface area contributed by atoms with Crippen LogP contribution in [-0.4, -0.2) is 64.1 Å². The zero-order valence-corrected chi connectivity index (χ0v) is 20.5. The van der Waals surface area contributed by atoms with E-state index in [0.717, 1.165) is 11.1 Å². The number of nitrogens with one attached hydrogen (secondary N) is 2. The van der Waals surface area contributed by atoms with Crippen molar-refractivity contribution in [2.75, 3.05) is 33.4 Å². The molecule has 0 bridgehead atoms. The van der Waals surface area contributed by atoms with E-state index in [0.29, 0.717) is 30.8 Å². The third kappa shape index (κ3) is 6.13. The summed E-state index contributed by atoms with van der Waals surface area (Å²) in [7, 11) is -2.27. The summed E-state index contributed by atoms with van der Waals surface area (Å²) in [4.78, 5) is 24.7. The molecule has 0 aliphatic carbocycles. The molecule has 0 aromatic heterocycles. The molecule has 2 N–H and O–H groups in total. The predicted octanol–water partition coefficient (Wildman–Crippen LogP) is 1.52. The van der Waals surface area contributed by atoms with Crippen LogP contribution in [0.2, 0.25) is 0 Å². The quantitative estimate of drug-likeness (QED) is 0.544. The summed E-state index contributed by atoms with van der Waals surface area (Å²) in [6.07, 6.45) is 0.137. The molecule has 184 valence electrons. The number of carbonyl (C=O) groups excluding carboxylic acids is 2. The summed E-state index contributed by atoms with van der Waals surface area (Å²) in [6.45, 7) is 4.31. The Morgan fingerprint density at radius 2 is 1.85 bits per heavy atom. The predicted molar refractivity (Wildman–Crippen MR) is 127 cm³/mol. The van der Waals surface area contributed by atoms with Crippen molar-refractivity contribution in [3.8, 4) is 5.75 Å². The Bertz CT molecular complexity index is 1140. The minimum absolute atomic E-state index is 0.136. The van der Waals surface area contributed by atoms with E-state index in [-0.39, 0.29) is 24.5 Å². The molecule has 1 atom stereocenters. The number of para-hydroxylation sites is 1. The van der Waals surface area contributed by atoms with Crippen molar-refractivity contribution in [1.29, 1.82) is 0 Å². The molecule has 2 aromatic carbocycles. The highest BCUT2D eigenvalue weighted by molar-refractivity contribution is 7.89. The van der Waals surface area contributed by atoms with E-state index in [1.54, 1.807) is 26.2 Å². The van der Waals surface area contributed by atoms with Crippen LogP contribution in [0.5, 0.6) is 5.75 Å². The second-order valence-electron chi connectivity index (χ2n) is 8.09. The number of ether oxygens (including phenoxy) is 2. The van der Waals surface area contributed by atoms with Gasteiger partial charge in [-0.05, 0) is 55.5 Å². The molecule has 1 fully saturated rings. The first-order valence-corrected chi connectivity index (χ1v) is 12.6. The molecule has 2 aromatic rings. The lowest BCUT2D eigenvalue weighted by Crippen LogP contribution is -2.53.